The number of para-hydroxylation sites is 1. The lowest BCUT2D eigenvalue weighted by atomic mass is 10.1. The Morgan fingerprint density at radius 1 is 0.964 bits per heavy atom. The van der Waals surface area contributed by atoms with Gasteiger partial charge in [0.05, 0.1) is 17.6 Å². The zero-order valence-corrected chi connectivity index (χ0v) is 16.7. The second-order valence-corrected chi connectivity index (χ2v) is 7.27. The Morgan fingerprint density at radius 2 is 1.68 bits per heavy atom. The minimum absolute atomic E-state index is 0.146. The van der Waals surface area contributed by atoms with E-state index in [1.165, 1.54) is 0 Å². The molecule has 6 heteroatoms. The molecule has 0 radical (unpaired) electrons. The topological polar surface area (TPSA) is 59.8 Å². The van der Waals surface area contributed by atoms with Crippen molar-refractivity contribution in [1.29, 1.82) is 0 Å². The summed E-state index contributed by atoms with van der Waals surface area (Å²) in [5, 5.41) is 11.2. The molecule has 0 saturated heterocycles. The van der Waals surface area contributed by atoms with Crippen LogP contribution >= 0.6 is 15.9 Å². The quantitative estimate of drug-likeness (QED) is 0.478. The van der Waals surface area contributed by atoms with Crippen molar-refractivity contribution in [2.75, 3.05) is 5.32 Å². The fourth-order valence-electron chi connectivity index (χ4n) is 2.90. The normalized spacial score (nSPS) is 10.6. The molecule has 1 heterocycles. The van der Waals surface area contributed by atoms with Gasteiger partial charge in [-0.05, 0) is 55.0 Å². The molecule has 138 valence electrons. The number of aryl methyl sites for hydroxylation is 1. The number of aromatic nitrogens is 3. The molecule has 0 unspecified atom stereocenters. The minimum atomic E-state index is -0.146. The van der Waals surface area contributed by atoms with Crippen LogP contribution in [0.4, 0.5) is 5.69 Å². The van der Waals surface area contributed by atoms with Gasteiger partial charge in [-0.15, -0.1) is 5.10 Å². The van der Waals surface area contributed by atoms with E-state index in [9.17, 15) is 4.79 Å². The van der Waals surface area contributed by atoms with Crippen LogP contribution < -0.4 is 5.32 Å². The summed E-state index contributed by atoms with van der Waals surface area (Å²) >= 11 is 3.45. The fourth-order valence-corrected chi connectivity index (χ4v) is 3.17. The van der Waals surface area contributed by atoms with Crippen LogP contribution in [-0.2, 0) is 0 Å². The fraction of sp³-hybridized carbons (Fsp3) is 0.0455. The zero-order valence-electron chi connectivity index (χ0n) is 15.1. The summed E-state index contributed by atoms with van der Waals surface area (Å²) in [4.78, 5) is 12.5. The van der Waals surface area contributed by atoms with E-state index in [0.717, 1.165) is 32.7 Å². The van der Waals surface area contributed by atoms with Crippen LogP contribution in [0, 0.1) is 6.92 Å². The first-order valence-corrected chi connectivity index (χ1v) is 9.55. The minimum Gasteiger partial charge on any atom is -0.322 e. The number of benzene rings is 3. The van der Waals surface area contributed by atoms with Crippen molar-refractivity contribution in [3.05, 3.63) is 94.6 Å². The van der Waals surface area contributed by atoms with Crippen molar-refractivity contribution in [2.45, 2.75) is 6.92 Å². The number of carbonyl (C=O) groups is 1. The Labute approximate surface area is 171 Å². The van der Waals surface area contributed by atoms with Crippen molar-refractivity contribution in [3.63, 3.8) is 0 Å². The molecule has 0 aliphatic carbocycles. The Morgan fingerprint density at radius 3 is 2.39 bits per heavy atom. The summed E-state index contributed by atoms with van der Waals surface area (Å²) < 4.78 is 2.77. The van der Waals surface area contributed by atoms with Gasteiger partial charge in [0.15, 0.2) is 0 Å². The van der Waals surface area contributed by atoms with Gasteiger partial charge in [-0.2, -0.15) is 0 Å². The van der Waals surface area contributed by atoms with E-state index in [4.69, 9.17) is 0 Å². The molecule has 0 atom stereocenters. The summed E-state index contributed by atoms with van der Waals surface area (Å²) in [6.07, 6.45) is 1.72. The number of carbonyl (C=O) groups excluding carboxylic acids is 1. The lowest BCUT2D eigenvalue weighted by Gasteiger charge is -2.10. The zero-order chi connectivity index (χ0) is 19.5. The third-order valence-corrected chi connectivity index (χ3v) is 4.99. The van der Waals surface area contributed by atoms with Gasteiger partial charge in [-0.3, -0.25) is 4.79 Å². The summed E-state index contributed by atoms with van der Waals surface area (Å²) in [6.45, 7) is 1.97. The summed E-state index contributed by atoms with van der Waals surface area (Å²) in [5.74, 6) is -0.146. The molecule has 0 saturated carbocycles. The van der Waals surface area contributed by atoms with Crippen LogP contribution in [0.3, 0.4) is 0 Å². The first-order chi connectivity index (χ1) is 13.6. The van der Waals surface area contributed by atoms with Crippen molar-refractivity contribution < 1.29 is 4.79 Å². The lowest BCUT2D eigenvalue weighted by molar-refractivity contribution is 0.102. The van der Waals surface area contributed by atoms with Gasteiger partial charge < -0.3 is 5.32 Å². The van der Waals surface area contributed by atoms with Crippen LogP contribution in [0.15, 0.2) is 83.5 Å². The summed E-state index contributed by atoms with van der Waals surface area (Å²) in [6, 6.07) is 23.0. The van der Waals surface area contributed by atoms with Crippen LogP contribution in [0.25, 0.3) is 16.9 Å². The van der Waals surface area contributed by atoms with E-state index < -0.39 is 0 Å². The molecule has 4 aromatic rings. The number of hydrogen-bond donors (Lipinski definition) is 1. The predicted octanol–water partition coefficient (Wildman–Crippen LogP) is 5.26. The molecule has 1 N–H and O–H groups in total. The van der Waals surface area contributed by atoms with Gasteiger partial charge in [0.2, 0.25) is 0 Å². The molecule has 28 heavy (non-hydrogen) atoms. The van der Waals surface area contributed by atoms with Crippen molar-refractivity contribution in [2.24, 2.45) is 0 Å². The van der Waals surface area contributed by atoms with Gasteiger partial charge in [-0.25, -0.2) is 4.68 Å². The number of halogens is 1. The first-order valence-electron chi connectivity index (χ1n) is 8.76. The maximum atomic E-state index is 12.5. The molecule has 1 amide bonds. The summed E-state index contributed by atoms with van der Waals surface area (Å²) in [7, 11) is 0. The van der Waals surface area contributed by atoms with Gasteiger partial charge in [0.25, 0.3) is 5.91 Å². The van der Waals surface area contributed by atoms with Crippen molar-refractivity contribution in [1.82, 2.24) is 15.0 Å². The van der Waals surface area contributed by atoms with Gasteiger partial charge in [0, 0.05) is 21.3 Å². The highest BCUT2D eigenvalue weighted by atomic mass is 79.9. The van der Waals surface area contributed by atoms with Crippen LogP contribution in [0.5, 0.6) is 0 Å². The van der Waals surface area contributed by atoms with Gasteiger partial charge in [0.1, 0.15) is 0 Å². The largest absolute Gasteiger partial charge is 0.322 e. The Balaban J connectivity index is 1.58. The maximum Gasteiger partial charge on any atom is 0.255 e. The average molecular weight is 433 g/mol. The molecule has 0 fully saturated rings. The van der Waals surface area contributed by atoms with E-state index in [-0.39, 0.29) is 5.91 Å². The monoisotopic (exact) mass is 432 g/mol. The smallest absolute Gasteiger partial charge is 0.255 e. The maximum absolute atomic E-state index is 12.5. The lowest BCUT2D eigenvalue weighted by Crippen LogP contribution is -2.12. The van der Waals surface area contributed by atoms with E-state index in [1.807, 2.05) is 67.6 Å². The Kier molecular flexibility index (Phi) is 5.04. The predicted molar refractivity (Wildman–Crippen MR) is 114 cm³/mol. The average Bonchev–Trinajstić information content (AvgIpc) is 3.20. The molecule has 0 bridgehead atoms. The molecule has 4 rings (SSSR count). The number of anilines is 1. The molecular formula is C22H17BrN4O. The standard InChI is InChI=1S/C22H17BrN4O/c1-15-4-2-3-5-20(15)25-22(28)17-8-12-19(13-9-17)27-21(14-24-26-27)16-6-10-18(23)11-7-16/h2-14H,1H3,(H,25,28). The molecule has 0 aliphatic rings. The highest BCUT2D eigenvalue weighted by Crippen LogP contribution is 2.23. The first kappa shape index (κ1) is 18.1. The number of amides is 1. The molecule has 5 nitrogen and oxygen atoms in total. The van der Waals surface area contributed by atoms with Gasteiger partial charge >= 0.3 is 0 Å². The van der Waals surface area contributed by atoms with Gasteiger partial charge in [-0.1, -0.05) is 51.5 Å². The van der Waals surface area contributed by atoms with E-state index in [1.54, 1.807) is 23.0 Å². The second-order valence-electron chi connectivity index (χ2n) is 6.35. The SMILES string of the molecule is Cc1ccccc1NC(=O)c1ccc(-n2nncc2-c2ccc(Br)cc2)cc1. The highest BCUT2D eigenvalue weighted by molar-refractivity contribution is 9.10. The third-order valence-electron chi connectivity index (χ3n) is 4.46. The van der Waals surface area contributed by atoms with Crippen LogP contribution in [0.1, 0.15) is 15.9 Å². The molecular weight excluding hydrogens is 416 g/mol. The molecule has 1 aromatic heterocycles. The number of nitrogens with zero attached hydrogens (tertiary/aromatic N) is 3. The van der Waals surface area contributed by atoms with Crippen LogP contribution in [0.2, 0.25) is 0 Å². The number of nitrogens with one attached hydrogen (secondary N) is 1. The second kappa shape index (κ2) is 7.78. The highest BCUT2D eigenvalue weighted by Gasteiger charge is 2.11. The molecule has 0 aliphatic heterocycles. The van der Waals surface area contributed by atoms with E-state index in [2.05, 4.69) is 31.6 Å². The third kappa shape index (κ3) is 3.73. The van der Waals surface area contributed by atoms with Crippen molar-refractivity contribution >= 4 is 27.5 Å². The van der Waals surface area contributed by atoms with Crippen molar-refractivity contribution in [3.8, 4) is 16.9 Å². The molecule has 0 spiro atoms. The van der Waals surface area contributed by atoms with E-state index >= 15 is 0 Å². The number of rotatable bonds is 4. The Bertz CT molecular complexity index is 1120. The number of hydrogen-bond acceptors (Lipinski definition) is 3. The Hall–Kier alpha value is -3.25. The van der Waals surface area contributed by atoms with Crippen LogP contribution in [-0.4, -0.2) is 20.9 Å². The summed E-state index contributed by atoms with van der Waals surface area (Å²) in [5.41, 5.74) is 5.14. The van der Waals surface area contributed by atoms with E-state index in [0.29, 0.717) is 5.56 Å². The molecule has 3 aromatic carbocycles.